The molecule has 1 aromatic carbocycles. The van der Waals surface area contributed by atoms with Gasteiger partial charge in [-0.05, 0) is 11.5 Å². The van der Waals surface area contributed by atoms with Gasteiger partial charge in [0.05, 0.1) is 5.92 Å². The van der Waals surface area contributed by atoms with Gasteiger partial charge in [-0.2, -0.15) is 0 Å². The van der Waals surface area contributed by atoms with Gasteiger partial charge in [0.15, 0.2) is 0 Å². The summed E-state index contributed by atoms with van der Waals surface area (Å²) in [6.45, 7) is 4.21. The van der Waals surface area contributed by atoms with E-state index >= 15 is 0 Å². The topological polar surface area (TPSA) is 78.4 Å². The van der Waals surface area contributed by atoms with Crippen LogP contribution in [0, 0.1) is 5.92 Å². The molecule has 0 spiro atoms. The van der Waals surface area contributed by atoms with E-state index in [4.69, 9.17) is 5.11 Å². The lowest BCUT2D eigenvalue weighted by atomic mass is 10.0. The molecule has 0 heterocycles. The Bertz CT molecular complexity index is 420. The van der Waals surface area contributed by atoms with Gasteiger partial charge in [0.1, 0.15) is 0 Å². The van der Waals surface area contributed by atoms with Gasteiger partial charge in [-0.3, -0.25) is 4.79 Å². The second kappa shape index (κ2) is 7.41. The first-order chi connectivity index (χ1) is 9.00. The van der Waals surface area contributed by atoms with Gasteiger partial charge in [-0.15, -0.1) is 0 Å². The number of carboxylic acids is 1. The minimum atomic E-state index is -0.919. The standard InChI is InChI=1S/C14H20N2O3/c1-10(12-6-4-3-5-7-12)8-15-14(19)16-9-11(2)13(17)18/h3-7,10-11H,8-9H2,1-2H3,(H,17,18)(H2,15,16,19). The second-order valence-electron chi connectivity index (χ2n) is 4.64. The molecule has 2 amide bonds. The van der Waals surface area contributed by atoms with Crippen molar-refractivity contribution in [2.24, 2.45) is 5.92 Å². The van der Waals surface area contributed by atoms with Crippen molar-refractivity contribution in [1.82, 2.24) is 10.6 Å². The molecule has 0 aromatic heterocycles. The van der Waals surface area contributed by atoms with E-state index in [0.29, 0.717) is 6.54 Å². The Balaban J connectivity index is 2.29. The van der Waals surface area contributed by atoms with Crippen molar-refractivity contribution in [2.75, 3.05) is 13.1 Å². The quantitative estimate of drug-likeness (QED) is 0.733. The van der Waals surface area contributed by atoms with Crippen LogP contribution in [0.15, 0.2) is 30.3 Å². The minimum Gasteiger partial charge on any atom is -0.481 e. The first-order valence-corrected chi connectivity index (χ1v) is 6.30. The third-order valence-electron chi connectivity index (χ3n) is 2.93. The molecule has 2 unspecified atom stereocenters. The average Bonchev–Trinajstić information content (AvgIpc) is 2.42. The highest BCUT2D eigenvalue weighted by atomic mass is 16.4. The van der Waals surface area contributed by atoms with E-state index in [1.807, 2.05) is 37.3 Å². The van der Waals surface area contributed by atoms with E-state index < -0.39 is 11.9 Å². The summed E-state index contributed by atoms with van der Waals surface area (Å²) in [5, 5.41) is 14.0. The highest BCUT2D eigenvalue weighted by molar-refractivity contribution is 5.75. The minimum absolute atomic E-state index is 0.126. The van der Waals surface area contributed by atoms with E-state index in [-0.39, 0.29) is 18.5 Å². The predicted octanol–water partition coefficient (Wildman–Crippen LogP) is 1.81. The monoisotopic (exact) mass is 264 g/mol. The molecule has 5 nitrogen and oxygen atoms in total. The normalized spacial score (nSPS) is 13.4. The number of nitrogens with one attached hydrogen (secondary N) is 2. The molecular formula is C14H20N2O3. The summed E-state index contributed by atoms with van der Waals surface area (Å²) in [6.07, 6.45) is 0. The van der Waals surface area contributed by atoms with Gasteiger partial charge in [0.25, 0.3) is 0 Å². The van der Waals surface area contributed by atoms with Crippen molar-refractivity contribution < 1.29 is 14.7 Å². The molecule has 5 heteroatoms. The summed E-state index contributed by atoms with van der Waals surface area (Å²) >= 11 is 0. The number of aliphatic carboxylic acids is 1. The first kappa shape index (κ1) is 15.0. The third kappa shape index (κ3) is 5.42. The maximum Gasteiger partial charge on any atom is 0.314 e. The van der Waals surface area contributed by atoms with E-state index in [1.54, 1.807) is 6.92 Å². The first-order valence-electron chi connectivity index (χ1n) is 6.30. The number of urea groups is 1. The fraction of sp³-hybridized carbons (Fsp3) is 0.429. The zero-order valence-electron chi connectivity index (χ0n) is 11.2. The molecule has 0 aliphatic rings. The molecular weight excluding hydrogens is 244 g/mol. The number of carbonyl (C=O) groups excluding carboxylic acids is 1. The van der Waals surface area contributed by atoms with Gasteiger partial charge >= 0.3 is 12.0 Å². The largest absolute Gasteiger partial charge is 0.481 e. The zero-order chi connectivity index (χ0) is 14.3. The van der Waals surface area contributed by atoms with Gasteiger partial charge in [0.2, 0.25) is 0 Å². The highest BCUT2D eigenvalue weighted by Gasteiger charge is 2.12. The smallest absolute Gasteiger partial charge is 0.314 e. The van der Waals surface area contributed by atoms with Crippen LogP contribution in [-0.4, -0.2) is 30.2 Å². The average molecular weight is 264 g/mol. The van der Waals surface area contributed by atoms with Gasteiger partial charge < -0.3 is 15.7 Å². The van der Waals surface area contributed by atoms with Crippen LogP contribution in [-0.2, 0) is 4.79 Å². The third-order valence-corrected chi connectivity index (χ3v) is 2.93. The van der Waals surface area contributed by atoms with Crippen LogP contribution in [0.1, 0.15) is 25.3 Å². The van der Waals surface area contributed by atoms with Gasteiger partial charge in [0, 0.05) is 13.1 Å². The summed E-state index contributed by atoms with van der Waals surface area (Å²) in [5.74, 6) is -1.29. The van der Waals surface area contributed by atoms with E-state index in [9.17, 15) is 9.59 Å². The molecule has 1 aromatic rings. The van der Waals surface area contributed by atoms with Gasteiger partial charge in [-0.1, -0.05) is 44.2 Å². The Morgan fingerprint density at radius 1 is 1.11 bits per heavy atom. The van der Waals surface area contributed by atoms with Crippen molar-refractivity contribution in [3.63, 3.8) is 0 Å². The van der Waals surface area contributed by atoms with Crippen molar-refractivity contribution >= 4 is 12.0 Å². The van der Waals surface area contributed by atoms with Crippen molar-refractivity contribution in [1.29, 1.82) is 0 Å². The van der Waals surface area contributed by atoms with Gasteiger partial charge in [-0.25, -0.2) is 4.79 Å². The van der Waals surface area contributed by atoms with Crippen LogP contribution in [0.3, 0.4) is 0 Å². The number of carbonyl (C=O) groups is 2. The van der Waals surface area contributed by atoms with Crippen LogP contribution in [0.4, 0.5) is 4.79 Å². The maximum atomic E-state index is 11.5. The Morgan fingerprint density at radius 2 is 1.68 bits per heavy atom. The van der Waals surface area contributed by atoms with Crippen LogP contribution in [0.25, 0.3) is 0 Å². The number of carboxylic acid groups (broad SMARTS) is 1. The lowest BCUT2D eigenvalue weighted by molar-refractivity contribution is -0.140. The van der Waals surface area contributed by atoms with Crippen molar-refractivity contribution in [3.05, 3.63) is 35.9 Å². The van der Waals surface area contributed by atoms with E-state index in [0.717, 1.165) is 5.56 Å². The second-order valence-corrected chi connectivity index (χ2v) is 4.64. The molecule has 0 fully saturated rings. The van der Waals surface area contributed by atoms with Crippen LogP contribution < -0.4 is 10.6 Å². The summed E-state index contributed by atoms with van der Waals surface area (Å²) in [7, 11) is 0. The highest BCUT2D eigenvalue weighted by Crippen LogP contribution is 2.12. The molecule has 2 atom stereocenters. The zero-order valence-corrected chi connectivity index (χ0v) is 11.2. The molecule has 0 saturated carbocycles. The Kier molecular flexibility index (Phi) is 5.85. The molecule has 3 N–H and O–H groups in total. The van der Waals surface area contributed by atoms with Crippen molar-refractivity contribution in [2.45, 2.75) is 19.8 Å². The Labute approximate surface area is 113 Å². The van der Waals surface area contributed by atoms with Crippen LogP contribution >= 0.6 is 0 Å². The fourth-order valence-electron chi connectivity index (χ4n) is 1.54. The number of amides is 2. The SMILES string of the molecule is CC(CNC(=O)NCC(C)c1ccccc1)C(=O)O. The molecule has 0 aliphatic carbocycles. The lowest BCUT2D eigenvalue weighted by Gasteiger charge is -2.14. The molecule has 0 saturated heterocycles. The molecule has 0 aliphatic heterocycles. The van der Waals surface area contributed by atoms with E-state index in [2.05, 4.69) is 10.6 Å². The number of benzene rings is 1. The number of hydrogen-bond acceptors (Lipinski definition) is 2. The number of hydrogen-bond donors (Lipinski definition) is 3. The molecule has 104 valence electrons. The fourth-order valence-corrected chi connectivity index (χ4v) is 1.54. The molecule has 1 rings (SSSR count). The van der Waals surface area contributed by atoms with Crippen molar-refractivity contribution in [3.8, 4) is 0 Å². The lowest BCUT2D eigenvalue weighted by Crippen LogP contribution is -2.40. The summed E-state index contributed by atoms with van der Waals surface area (Å²) in [4.78, 5) is 22.1. The van der Waals surface area contributed by atoms with E-state index in [1.165, 1.54) is 0 Å². The Morgan fingerprint density at radius 3 is 2.26 bits per heavy atom. The molecule has 0 radical (unpaired) electrons. The summed E-state index contributed by atoms with van der Waals surface area (Å²) < 4.78 is 0. The molecule has 19 heavy (non-hydrogen) atoms. The summed E-state index contributed by atoms with van der Waals surface area (Å²) in [6, 6.07) is 9.55. The number of rotatable bonds is 6. The van der Waals surface area contributed by atoms with Crippen LogP contribution in [0.2, 0.25) is 0 Å². The summed E-state index contributed by atoms with van der Waals surface area (Å²) in [5.41, 5.74) is 1.15. The molecule has 0 bridgehead atoms. The predicted molar refractivity (Wildman–Crippen MR) is 73.1 cm³/mol. The van der Waals surface area contributed by atoms with Crippen LogP contribution in [0.5, 0.6) is 0 Å². The Hall–Kier alpha value is -2.04. The maximum absolute atomic E-state index is 11.5.